The van der Waals surface area contributed by atoms with Crippen molar-refractivity contribution in [2.24, 2.45) is 0 Å². The number of ketones is 1. The molecule has 1 saturated heterocycles. The van der Waals surface area contributed by atoms with Crippen molar-refractivity contribution in [3.63, 3.8) is 0 Å². The zero-order valence-electron chi connectivity index (χ0n) is 11.7. The van der Waals surface area contributed by atoms with Crippen LogP contribution in [0, 0.1) is 10.1 Å². The fourth-order valence-electron chi connectivity index (χ4n) is 2.51. The summed E-state index contributed by atoms with van der Waals surface area (Å²) in [6.45, 7) is 2.14. The molecule has 1 aliphatic heterocycles. The smallest absolute Gasteiger partial charge is 0.321 e. The van der Waals surface area contributed by atoms with Crippen LogP contribution in [0.3, 0.4) is 0 Å². The van der Waals surface area contributed by atoms with Crippen molar-refractivity contribution < 1.29 is 14.5 Å². The van der Waals surface area contributed by atoms with Crippen LogP contribution in [0.2, 0.25) is 0 Å². The van der Waals surface area contributed by atoms with Crippen LogP contribution in [0.4, 0.5) is 16.2 Å². The lowest BCUT2D eigenvalue weighted by Crippen LogP contribution is -2.39. The highest BCUT2D eigenvalue weighted by molar-refractivity contribution is 5.90. The highest BCUT2D eigenvalue weighted by Crippen LogP contribution is 2.22. The van der Waals surface area contributed by atoms with E-state index in [1.165, 1.54) is 31.2 Å². The van der Waals surface area contributed by atoms with E-state index in [-0.39, 0.29) is 23.5 Å². The second kappa shape index (κ2) is 6.34. The molecular weight excluding hydrogens is 274 g/mol. The number of benzene rings is 1. The monoisotopic (exact) mass is 291 g/mol. The molecule has 0 radical (unpaired) electrons. The number of rotatable bonds is 4. The second-order valence-corrected chi connectivity index (χ2v) is 5.13. The topological polar surface area (TPSA) is 92.6 Å². The van der Waals surface area contributed by atoms with Crippen molar-refractivity contribution in [3.8, 4) is 0 Å². The fraction of sp³-hybridized carbons (Fsp3) is 0.429. The maximum absolute atomic E-state index is 12.2. The Labute approximate surface area is 122 Å². The average Bonchev–Trinajstić information content (AvgIpc) is 2.86. The van der Waals surface area contributed by atoms with Gasteiger partial charge in [-0.3, -0.25) is 14.9 Å². The quantitative estimate of drug-likeness (QED) is 0.681. The first-order chi connectivity index (χ1) is 9.97. The highest BCUT2D eigenvalue weighted by atomic mass is 16.6. The number of hydrogen-bond donors (Lipinski definition) is 1. The van der Waals surface area contributed by atoms with Crippen molar-refractivity contribution in [2.45, 2.75) is 32.2 Å². The number of amides is 2. The van der Waals surface area contributed by atoms with Crippen LogP contribution in [0.1, 0.15) is 26.2 Å². The van der Waals surface area contributed by atoms with Crippen molar-refractivity contribution in [2.75, 3.05) is 11.9 Å². The van der Waals surface area contributed by atoms with Crippen LogP contribution >= 0.6 is 0 Å². The van der Waals surface area contributed by atoms with E-state index < -0.39 is 4.92 Å². The minimum absolute atomic E-state index is 0.0244. The molecule has 21 heavy (non-hydrogen) atoms. The molecule has 7 heteroatoms. The molecule has 1 N–H and O–H groups in total. The third kappa shape index (κ3) is 3.77. The third-order valence-electron chi connectivity index (χ3n) is 3.49. The van der Waals surface area contributed by atoms with Crippen LogP contribution in [-0.2, 0) is 4.79 Å². The van der Waals surface area contributed by atoms with Gasteiger partial charge in [-0.05, 0) is 31.9 Å². The van der Waals surface area contributed by atoms with Gasteiger partial charge >= 0.3 is 6.03 Å². The highest BCUT2D eigenvalue weighted by Gasteiger charge is 2.29. The van der Waals surface area contributed by atoms with Gasteiger partial charge in [0.25, 0.3) is 5.69 Å². The number of nitrogens with zero attached hydrogens (tertiary/aromatic N) is 2. The Morgan fingerprint density at radius 1 is 1.38 bits per heavy atom. The van der Waals surface area contributed by atoms with Crippen LogP contribution < -0.4 is 5.32 Å². The lowest BCUT2D eigenvalue weighted by molar-refractivity contribution is -0.384. The van der Waals surface area contributed by atoms with Crippen molar-refractivity contribution >= 4 is 23.2 Å². The minimum Gasteiger partial charge on any atom is -0.321 e. The van der Waals surface area contributed by atoms with Crippen molar-refractivity contribution in [1.82, 2.24) is 4.90 Å². The molecule has 1 atom stereocenters. The summed E-state index contributed by atoms with van der Waals surface area (Å²) in [7, 11) is 0. The molecule has 7 nitrogen and oxygen atoms in total. The van der Waals surface area contributed by atoms with Gasteiger partial charge in [0.05, 0.1) is 4.92 Å². The molecule has 0 bridgehead atoms. The Morgan fingerprint density at radius 3 is 2.62 bits per heavy atom. The third-order valence-corrected chi connectivity index (χ3v) is 3.49. The van der Waals surface area contributed by atoms with Crippen molar-refractivity contribution in [1.29, 1.82) is 0 Å². The SMILES string of the molecule is CC(=O)CC1CCCN1C(=O)Nc1ccc([N+](=O)[O-])cc1. The summed E-state index contributed by atoms with van der Waals surface area (Å²) in [4.78, 5) is 35.1. The summed E-state index contributed by atoms with van der Waals surface area (Å²) in [6, 6.07) is 5.34. The molecule has 1 fully saturated rings. The van der Waals surface area contributed by atoms with Crippen LogP contribution in [-0.4, -0.2) is 34.2 Å². The Bertz CT molecular complexity index is 556. The zero-order chi connectivity index (χ0) is 15.4. The minimum atomic E-state index is -0.491. The number of Topliss-reactive ketones (excluding diaryl/α,β-unsaturated/α-hetero) is 1. The summed E-state index contributed by atoms with van der Waals surface area (Å²) >= 11 is 0. The number of non-ortho nitro benzene ring substituents is 1. The lowest BCUT2D eigenvalue weighted by Gasteiger charge is -2.24. The van der Waals surface area contributed by atoms with E-state index >= 15 is 0 Å². The van der Waals surface area contributed by atoms with E-state index in [1.807, 2.05) is 0 Å². The lowest BCUT2D eigenvalue weighted by atomic mass is 10.1. The number of carbonyl (C=O) groups excluding carboxylic acids is 2. The van der Waals surface area contributed by atoms with Gasteiger partial charge in [-0.25, -0.2) is 4.79 Å². The Balaban J connectivity index is 2.00. The van der Waals surface area contributed by atoms with E-state index in [0.29, 0.717) is 18.7 Å². The molecule has 0 aromatic heterocycles. The van der Waals surface area contributed by atoms with Crippen molar-refractivity contribution in [3.05, 3.63) is 34.4 Å². The van der Waals surface area contributed by atoms with Gasteiger partial charge in [-0.15, -0.1) is 0 Å². The molecule has 0 saturated carbocycles. The van der Waals surface area contributed by atoms with Gasteiger partial charge in [0.1, 0.15) is 5.78 Å². The Morgan fingerprint density at radius 2 is 2.05 bits per heavy atom. The molecule has 0 spiro atoms. The summed E-state index contributed by atoms with van der Waals surface area (Å²) < 4.78 is 0. The van der Waals surface area contributed by atoms with Gasteiger partial charge in [-0.2, -0.15) is 0 Å². The van der Waals surface area contributed by atoms with E-state index in [2.05, 4.69) is 5.32 Å². The average molecular weight is 291 g/mol. The molecule has 1 aromatic carbocycles. The number of nitrogens with one attached hydrogen (secondary N) is 1. The second-order valence-electron chi connectivity index (χ2n) is 5.13. The number of urea groups is 1. The summed E-state index contributed by atoms with van der Waals surface area (Å²) in [5.74, 6) is 0.0648. The van der Waals surface area contributed by atoms with E-state index in [9.17, 15) is 19.7 Å². The molecule has 1 unspecified atom stereocenters. The predicted molar refractivity (Wildman–Crippen MR) is 77.1 cm³/mol. The largest absolute Gasteiger partial charge is 0.322 e. The molecule has 0 aliphatic carbocycles. The summed E-state index contributed by atoms with van der Waals surface area (Å²) in [6.07, 6.45) is 2.08. The number of carbonyl (C=O) groups is 2. The number of likely N-dealkylation sites (tertiary alicyclic amines) is 1. The number of hydrogen-bond acceptors (Lipinski definition) is 4. The first-order valence-electron chi connectivity index (χ1n) is 6.79. The molecule has 2 amide bonds. The van der Waals surface area contributed by atoms with E-state index in [0.717, 1.165) is 12.8 Å². The maximum atomic E-state index is 12.2. The standard InChI is InChI=1S/C14H17N3O4/c1-10(18)9-13-3-2-8-16(13)14(19)15-11-4-6-12(7-5-11)17(20)21/h4-7,13H,2-3,8-9H2,1H3,(H,15,19). The van der Waals surface area contributed by atoms with Gasteiger partial charge in [0.15, 0.2) is 0 Å². The van der Waals surface area contributed by atoms with Crippen LogP contribution in [0.5, 0.6) is 0 Å². The Hall–Kier alpha value is -2.44. The number of nitro groups is 1. The molecular formula is C14H17N3O4. The Kier molecular flexibility index (Phi) is 4.52. The van der Waals surface area contributed by atoms with Gasteiger partial charge in [0.2, 0.25) is 0 Å². The maximum Gasteiger partial charge on any atom is 0.322 e. The predicted octanol–water partition coefficient (Wildman–Crippen LogP) is 2.57. The number of anilines is 1. The normalized spacial score (nSPS) is 17.6. The molecule has 112 valence electrons. The van der Waals surface area contributed by atoms with Crippen LogP contribution in [0.25, 0.3) is 0 Å². The van der Waals surface area contributed by atoms with E-state index in [1.54, 1.807) is 4.90 Å². The van der Waals surface area contributed by atoms with Gasteiger partial charge < -0.3 is 10.2 Å². The molecule has 1 heterocycles. The summed E-state index contributed by atoms with van der Waals surface area (Å²) in [5, 5.41) is 13.3. The molecule has 1 aromatic rings. The number of nitro benzene ring substituents is 1. The van der Waals surface area contributed by atoms with Crippen LogP contribution in [0.15, 0.2) is 24.3 Å². The fourth-order valence-corrected chi connectivity index (χ4v) is 2.51. The zero-order valence-corrected chi connectivity index (χ0v) is 11.7. The first-order valence-corrected chi connectivity index (χ1v) is 6.79. The van der Waals surface area contributed by atoms with E-state index in [4.69, 9.17) is 0 Å². The molecule has 2 rings (SSSR count). The van der Waals surface area contributed by atoms with Gasteiger partial charge in [-0.1, -0.05) is 0 Å². The van der Waals surface area contributed by atoms with Gasteiger partial charge in [0, 0.05) is 36.8 Å². The summed E-state index contributed by atoms with van der Waals surface area (Å²) in [5.41, 5.74) is 0.475. The first kappa shape index (κ1) is 15.0. The molecule has 1 aliphatic rings.